The van der Waals surface area contributed by atoms with Gasteiger partial charge in [-0.3, -0.25) is 9.59 Å². The van der Waals surface area contributed by atoms with E-state index in [0.29, 0.717) is 6.54 Å². The minimum absolute atomic E-state index is 0.135. The molecule has 0 aliphatic rings. The molecule has 0 saturated carbocycles. The molecule has 0 saturated heterocycles. The summed E-state index contributed by atoms with van der Waals surface area (Å²) >= 11 is 0. The summed E-state index contributed by atoms with van der Waals surface area (Å²) in [4.78, 5) is 26.8. The Bertz CT molecular complexity index is 732. The zero-order valence-electron chi connectivity index (χ0n) is 15.7. The van der Waals surface area contributed by atoms with Gasteiger partial charge in [-0.15, -0.1) is 0 Å². The highest BCUT2D eigenvalue weighted by Crippen LogP contribution is 2.16. The summed E-state index contributed by atoms with van der Waals surface area (Å²) in [5.74, 6) is 0.303. The van der Waals surface area contributed by atoms with Gasteiger partial charge in [0.1, 0.15) is 11.8 Å². The van der Waals surface area contributed by atoms with E-state index in [1.807, 2.05) is 54.6 Å². The van der Waals surface area contributed by atoms with Crippen LogP contribution < -0.4 is 10.1 Å². The molecule has 2 N–H and O–H groups in total. The van der Waals surface area contributed by atoms with Gasteiger partial charge in [0.15, 0.2) is 0 Å². The summed E-state index contributed by atoms with van der Waals surface area (Å²) in [6, 6.07) is 16.2. The predicted octanol–water partition coefficient (Wildman–Crippen LogP) is 1.76. The number of benzene rings is 2. The van der Waals surface area contributed by atoms with Crippen molar-refractivity contribution in [1.82, 2.24) is 10.2 Å². The van der Waals surface area contributed by atoms with Crippen molar-refractivity contribution in [2.24, 2.45) is 0 Å². The number of carbonyl (C=O) groups is 2. The molecular formula is C21H26N2O4. The minimum Gasteiger partial charge on any atom is -0.497 e. The average Bonchev–Trinajstić information content (AvgIpc) is 2.70. The first-order valence-electron chi connectivity index (χ1n) is 8.90. The molecule has 2 aromatic rings. The van der Waals surface area contributed by atoms with Gasteiger partial charge < -0.3 is 20.1 Å². The lowest BCUT2D eigenvalue weighted by Gasteiger charge is -2.29. The molecule has 1 atom stereocenters. The molecule has 2 rings (SSSR count). The molecule has 0 heterocycles. The fraction of sp³-hybridized carbons (Fsp3) is 0.333. The maximum Gasteiger partial charge on any atom is 0.242 e. The number of hydrogen-bond donors (Lipinski definition) is 2. The summed E-state index contributed by atoms with van der Waals surface area (Å²) in [5, 5.41) is 11.5. The summed E-state index contributed by atoms with van der Waals surface area (Å²) in [6.07, 6.45) is 0.217. The Morgan fingerprint density at radius 3 is 2.33 bits per heavy atom. The second-order valence-electron chi connectivity index (χ2n) is 6.22. The van der Waals surface area contributed by atoms with Crippen LogP contribution in [-0.2, 0) is 22.6 Å². The lowest BCUT2D eigenvalue weighted by Crippen LogP contribution is -2.48. The van der Waals surface area contributed by atoms with E-state index in [1.165, 1.54) is 0 Å². The Hall–Kier alpha value is -2.86. The molecule has 6 nitrogen and oxygen atoms in total. The van der Waals surface area contributed by atoms with Crippen molar-refractivity contribution in [1.29, 1.82) is 0 Å². The number of aliphatic hydroxyl groups is 1. The molecule has 27 heavy (non-hydrogen) atoms. The Kier molecular flexibility index (Phi) is 7.82. The lowest BCUT2D eigenvalue weighted by atomic mass is 10.1. The van der Waals surface area contributed by atoms with E-state index in [-0.39, 0.29) is 31.4 Å². The molecule has 0 aliphatic heterocycles. The number of nitrogens with zero attached hydrogens (tertiary/aromatic N) is 1. The van der Waals surface area contributed by atoms with Crippen LogP contribution >= 0.6 is 0 Å². The lowest BCUT2D eigenvalue weighted by molar-refractivity contribution is -0.140. The van der Waals surface area contributed by atoms with E-state index in [2.05, 4.69) is 5.32 Å². The number of ether oxygens (including phenoxy) is 1. The molecule has 0 spiro atoms. The predicted molar refractivity (Wildman–Crippen MR) is 103 cm³/mol. The van der Waals surface area contributed by atoms with Gasteiger partial charge >= 0.3 is 0 Å². The third-order valence-electron chi connectivity index (χ3n) is 4.29. The van der Waals surface area contributed by atoms with Crippen molar-refractivity contribution in [2.75, 3.05) is 20.3 Å². The Morgan fingerprint density at radius 2 is 1.74 bits per heavy atom. The number of amides is 2. The molecule has 0 fully saturated rings. The molecule has 2 amide bonds. The number of hydrogen-bond acceptors (Lipinski definition) is 4. The van der Waals surface area contributed by atoms with Crippen LogP contribution in [0.1, 0.15) is 18.1 Å². The highest BCUT2D eigenvalue weighted by Gasteiger charge is 2.26. The molecule has 0 aromatic heterocycles. The van der Waals surface area contributed by atoms with Gasteiger partial charge in [0.25, 0.3) is 0 Å². The standard InChI is InChI=1S/C21H26N2O4/c1-16(21(26)22-12-13-24)23(15-18-8-10-19(27-2)11-9-18)20(25)14-17-6-4-3-5-7-17/h3-11,16,24H,12-15H2,1-2H3,(H,22,26). The highest BCUT2D eigenvalue weighted by atomic mass is 16.5. The first-order valence-corrected chi connectivity index (χ1v) is 8.90. The number of methoxy groups -OCH3 is 1. The van der Waals surface area contributed by atoms with Gasteiger partial charge in [0, 0.05) is 13.1 Å². The zero-order valence-corrected chi connectivity index (χ0v) is 15.7. The summed E-state index contributed by atoms with van der Waals surface area (Å²) in [5.41, 5.74) is 1.80. The molecule has 1 unspecified atom stereocenters. The third-order valence-corrected chi connectivity index (χ3v) is 4.29. The molecular weight excluding hydrogens is 344 g/mol. The second kappa shape index (κ2) is 10.3. The quantitative estimate of drug-likeness (QED) is 0.705. The zero-order chi connectivity index (χ0) is 19.6. The van der Waals surface area contributed by atoms with Crippen LogP contribution in [0.4, 0.5) is 0 Å². The van der Waals surface area contributed by atoms with E-state index in [1.54, 1.807) is 18.9 Å². The SMILES string of the molecule is COc1ccc(CN(C(=O)Cc2ccccc2)C(C)C(=O)NCCO)cc1. The van der Waals surface area contributed by atoms with Crippen molar-refractivity contribution in [2.45, 2.75) is 25.9 Å². The smallest absolute Gasteiger partial charge is 0.242 e. The van der Waals surface area contributed by atoms with Gasteiger partial charge in [-0.25, -0.2) is 0 Å². The van der Waals surface area contributed by atoms with Crippen LogP contribution in [0, 0.1) is 0 Å². The van der Waals surface area contributed by atoms with Crippen LogP contribution in [-0.4, -0.2) is 48.1 Å². The number of aliphatic hydroxyl groups excluding tert-OH is 1. The molecule has 144 valence electrons. The first-order chi connectivity index (χ1) is 13.0. The molecule has 0 radical (unpaired) electrons. The van der Waals surface area contributed by atoms with E-state index in [9.17, 15) is 9.59 Å². The summed E-state index contributed by atoms with van der Waals surface area (Å²) < 4.78 is 5.16. The fourth-order valence-corrected chi connectivity index (χ4v) is 2.71. The summed E-state index contributed by atoms with van der Waals surface area (Å²) in [7, 11) is 1.60. The molecule has 0 bridgehead atoms. The van der Waals surface area contributed by atoms with E-state index in [4.69, 9.17) is 9.84 Å². The monoisotopic (exact) mass is 370 g/mol. The van der Waals surface area contributed by atoms with Crippen LogP contribution in [0.3, 0.4) is 0 Å². The van der Waals surface area contributed by atoms with Gasteiger partial charge in [0.2, 0.25) is 11.8 Å². The van der Waals surface area contributed by atoms with Gasteiger partial charge in [-0.2, -0.15) is 0 Å². The molecule has 2 aromatic carbocycles. The van der Waals surface area contributed by atoms with Crippen LogP contribution in [0.5, 0.6) is 5.75 Å². The maximum atomic E-state index is 12.9. The van der Waals surface area contributed by atoms with Gasteiger partial charge in [0.05, 0.1) is 20.1 Å². The van der Waals surface area contributed by atoms with E-state index >= 15 is 0 Å². The van der Waals surface area contributed by atoms with Crippen LogP contribution in [0.2, 0.25) is 0 Å². The van der Waals surface area contributed by atoms with Crippen molar-refractivity contribution >= 4 is 11.8 Å². The maximum absolute atomic E-state index is 12.9. The largest absolute Gasteiger partial charge is 0.497 e. The number of rotatable bonds is 9. The van der Waals surface area contributed by atoms with Crippen molar-refractivity contribution in [3.63, 3.8) is 0 Å². The third kappa shape index (κ3) is 6.11. The topological polar surface area (TPSA) is 78.9 Å². The van der Waals surface area contributed by atoms with Gasteiger partial charge in [-0.1, -0.05) is 42.5 Å². The molecule has 6 heteroatoms. The Labute approximate surface area is 159 Å². The van der Waals surface area contributed by atoms with Crippen molar-refractivity contribution in [3.05, 3.63) is 65.7 Å². The Balaban J connectivity index is 2.17. The van der Waals surface area contributed by atoms with E-state index in [0.717, 1.165) is 16.9 Å². The van der Waals surface area contributed by atoms with Crippen molar-refractivity contribution < 1.29 is 19.4 Å². The van der Waals surface area contributed by atoms with Crippen molar-refractivity contribution in [3.8, 4) is 5.75 Å². The second-order valence-corrected chi connectivity index (χ2v) is 6.22. The van der Waals surface area contributed by atoms with E-state index < -0.39 is 6.04 Å². The fourth-order valence-electron chi connectivity index (χ4n) is 2.71. The highest BCUT2D eigenvalue weighted by molar-refractivity contribution is 5.88. The van der Waals surface area contributed by atoms with Crippen LogP contribution in [0.15, 0.2) is 54.6 Å². The first kappa shape index (κ1) is 20.5. The van der Waals surface area contributed by atoms with Gasteiger partial charge in [-0.05, 0) is 30.2 Å². The average molecular weight is 370 g/mol. The minimum atomic E-state index is -0.658. The number of carbonyl (C=O) groups excluding carboxylic acids is 2. The van der Waals surface area contributed by atoms with Crippen LogP contribution in [0.25, 0.3) is 0 Å². The normalized spacial score (nSPS) is 11.5. The molecule has 0 aliphatic carbocycles. The summed E-state index contributed by atoms with van der Waals surface area (Å²) in [6.45, 7) is 2.02. The number of nitrogens with one attached hydrogen (secondary N) is 1. The Morgan fingerprint density at radius 1 is 1.07 bits per heavy atom.